The van der Waals surface area contributed by atoms with Crippen molar-refractivity contribution in [1.29, 1.82) is 0 Å². The van der Waals surface area contributed by atoms with Crippen molar-refractivity contribution in [2.45, 2.75) is 57.3 Å². The van der Waals surface area contributed by atoms with E-state index in [1.54, 1.807) is 0 Å². The average molecular weight is 244 g/mol. The van der Waals surface area contributed by atoms with Crippen LogP contribution in [0.1, 0.15) is 34.1 Å². The smallest absolute Gasteiger partial charge is 0.0606 e. The van der Waals surface area contributed by atoms with Gasteiger partial charge in [0.1, 0.15) is 0 Å². The molecular weight excluding hydrogens is 214 g/mol. The molecule has 1 radical (unpaired) electrons. The number of aliphatic hydroxyl groups is 1. The van der Waals surface area contributed by atoms with Gasteiger partial charge in [-0.25, -0.2) is 0 Å². The number of rotatable bonds is 8. The molecule has 0 aromatic rings. The molecule has 0 spiro atoms. The lowest BCUT2D eigenvalue weighted by atomic mass is 9.83. The van der Waals surface area contributed by atoms with Crippen LogP contribution in [0, 0.1) is 6.42 Å². The zero-order valence-electron chi connectivity index (χ0n) is 12.4. The van der Waals surface area contributed by atoms with Crippen molar-refractivity contribution >= 4 is 0 Å². The summed E-state index contributed by atoms with van der Waals surface area (Å²) in [5, 5.41) is 19.7. The van der Waals surface area contributed by atoms with Crippen molar-refractivity contribution in [3.63, 3.8) is 0 Å². The summed E-state index contributed by atoms with van der Waals surface area (Å²) in [6.45, 7) is 7.97. The molecule has 4 nitrogen and oxygen atoms in total. The van der Waals surface area contributed by atoms with Crippen LogP contribution >= 0.6 is 0 Å². The Morgan fingerprint density at radius 3 is 1.94 bits per heavy atom. The monoisotopic (exact) mass is 244 g/mol. The lowest BCUT2D eigenvalue weighted by Crippen LogP contribution is -2.58. The normalized spacial score (nSPS) is 19.8. The summed E-state index contributed by atoms with van der Waals surface area (Å²) >= 11 is 0. The molecule has 0 amide bonds. The van der Waals surface area contributed by atoms with Crippen LogP contribution in [0.5, 0.6) is 0 Å². The van der Waals surface area contributed by atoms with Gasteiger partial charge < -0.3 is 21.1 Å². The maximum absolute atomic E-state index is 9.89. The predicted molar refractivity (Wildman–Crippen MR) is 74.0 cm³/mol. The molecule has 0 saturated carbocycles. The second-order valence-corrected chi connectivity index (χ2v) is 5.62. The minimum Gasteiger partial charge on any atom is -0.390 e. The van der Waals surface area contributed by atoms with E-state index in [2.05, 4.69) is 36.2 Å². The van der Waals surface area contributed by atoms with Crippen molar-refractivity contribution in [3.8, 4) is 0 Å². The van der Waals surface area contributed by atoms with E-state index in [4.69, 9.17) is 0 Å². The van der Waals surface area contributed by atoms with Gasteiger partial charge in [-0.05, 0) is 61.7 Å². The summed E-state index contributed by atoms with van der Waals surface area (Å²) in [6.07, 6.45) is 2.92. The van der Waals surface area contributed by atoms with Gasteiger partial charge in [-0.2, -0.15) is 0 Å². The van der Waals surface area contributed by atoms with Crippen molar-refractivity contribution in [1.82, 2.24) is 16.0 Å². The van der Waals surface area contributed by atoms with Crippen LogP contribution in [0.15, 0.2) is 0 Å². The number of hydrogen-bond acceptors (Lipinski definition) is 4. The van der Waals surface area contributed by atoms with Crippen molar-refractivity contribution in [2.24, 2.45) is 0 Å². The van der Waals surface area contributed by atoms with Crippen LogP contribution in [0.2, 0.25) is 0 Å². The standard InChI is InChI=1S/C13H30N3O/c1-10(14-5)13(4,16-7)9-11(15-6)8-12(2,3)17/h9-11,14-17H,8H2,1-7H3. The quantitative estimate of drug-likeness (QED) is 0.503. The molecule has 103 valence electrons. The molecule has 4 heteroatoms. The van der Waals surface area contributed by atoms with Crippen LogP contribution in [-0.4, -0.2) is 49.5 Å². The Bertz CT molecular complexity index is 215. The molecule has 17 heavy (non-hydrogen) atoms. The summed E-state index contributed by atoms with van der Waals surface area (Å²) in [4.78, 5) is 0. The molecule has 0 rings (SSSR count). The van der Waals surface area contributed by atoms with Crippen LogP contribution in [0.3, 0.4) is 0 Å². The summed E-state index contributed by atoms with van der Waals surface area (Å²) < 4.78 is 0. The fourth-order valence-electron chi connectivity index (χ4n) is 1.94. The zero-order valence-corrected chi connectivity index (χ0v) is 12.4. The summed E-state index contributed by atoms with van der Waals surface area (Å²) in [7, 11) is 5.84. The fourth-order valence-corrected chi connectivity index (χ4v) is 1.94. The molecule has 0 aliphatic carbocycles. The van der Waals surface area contributed by atoms with E-state index in [-0.39, 0.29) is 11.6 Å². The highest BCUT2D eigenvalue weighted by molar-refractivity contribution is 5.08. The van der Waals surface area contributed by atoms with Gasteiger partial charge in [-0.1, -0.05) is 0 Å². The molecule has 3 unspecified atom stereocenters. The third-order valence-corrected chi connectivity index (χ3v) is 3.51. The molecule has 4 N–H and O–H groups in total. The zero-order chi connectivity index (χ0) is 13.7. The molecule has 0 aromatic heterocycles. The van der Waals surface area contributed by atoms with E-state index in [9.17, 15) is 5.11 Å². The average Bonchev–Trinajstić information content (AvgIpc) is 2.24. The molecule has 3 atom stereocenters. The second kappa shape index (κ2) is 6.69. The Morgan fingerprint density at radius 2 is 1.65 bits per heavy atom. The van der Waals surface area contributed by atoms with Gasteiger partial charge in [-0.15, -0.1) is 0 Å². The molecule has 0 aromatic carbocycles. The largest absolute Gasteiger partial charge is 0.390 e. The molecule has 0 aliphatic heterocycles. The Morgan fingerprint density at radius 1 is 1.12 bits per heavy atom. The summed E-state index contributed by atoms with van der Waals surface area (Å²) in [6, 6.07) is 0.480. The maximum atomic E-state index is 9.89. The number of nitrogens with one attached hydrogen (secondary N) is 3. The first-order valence-corrected chi connectivity index (χ1v) is 6.30. The Kier molecular flexibility index (Phi) is 6.62. The summed E-state index contributed by atoms with van der Waals surface area (Å²) in [5.74, 6) is 0. The number of likely N-dealkylation sites (N-methyl/N-ethyl adjacent to an activating group) is 2. The third-order valence-electron chi connectivity index (χ3n) is 3.51. The highest BCUT2D eigenvalue weighted by Crippen LogP contribution is 2.21. The maximum Gasteiger partial charge on any atom is 0.0606 e. The SMILES string of the molecule is CNC([CH]C(C)(NC)C(C)NC)CC(C)(C)O. The van der Waals surface area contributed by atoms with Gasteiger partial charge >= 0.3 is 0 Å². The minimum absolute atomic E-state index is 0.117. The van der Waals surface area contributed by atoms with E-state index >= 15 is 0 Å². The van der Waals surface area contributed by atoms with Crippen molar-refractivity contribution < 1.29 is 5.11 Å². The van der Waals surface area contributed by atoms with Gasteiger partial charge in [0.15, 0.2) is 0 Å². The van der Waals surface area contributed by atoms with Crippen LogP contribution in [0.4, 0.5) is 0 Å². The molecule has 0 bridgehead atoms. The van der Waals surface area contributed by atoms with E-state index in [1.807, 2.05) is 35.0 Å². The Balaban J connectivity index is 4.62. The first-order chi connectivity index (χ1) is 7.68. The predicted octanol–water partition coefficient (Wildman–Crippen LogP) is 0.526. The fraction of sp³-hybridized carbons (Fsp3) is 0.923. The highest BCUT2D eigenvalue weighted by Gasteiger charge is 2.33. The molecule has 0 heterocycles. The van der Waals surface area contributed by atoms with Gasteiger partial charge in [-0.3, -0.25) is 0 Å². The second-order valence-electron chi connectivity index (χ2n) is 5.62. The molecule has 0 saturated heterocycles. The first kappa shape index (κ1) is 16.8. The van der Waals surface area contributed by atoms with Gasteiger partial charge in [0.05, 0.1) is 5.60 Å². The highest BCUT2D eigenvalue weighted by atomic mass is 16.3. The Labute approximate surface area is 107 Å². The van der Waals surface area contributed by atoms with E-state index in [1.165, 1.54) is 0 Å². The van der Waals surface area contributed by atoms with Gasteiger partial charge in [0.2, 0.25) is 0 Å². The van der Waals surface area contributed by atoms with Crippen LogP contribution in [0.25, 0.3) is 0 Å². The molecule has 0 aliphatic rings. The topological polar surface area (TPSA) is 56.3 Å². The molecular formula is C13H30N3O. The van der Waals surface area contributed by atoms with E-state index in [0.29, 0.717) is 12.5 Å². The Hall–Kier alpha value is -0.160. The minimum atomic E-state index is -0.665. The summed E-state index contributed by atoms with van der Waals surface area (Å²) in [5.41, 5.74) is -0.782. The van der Waals surface area contributed by atoms with Crippen molar-refractivity contribution in [2.75, 3.05) is 21.1 Å². The first-order valence-electron chi connectivity index (χ1n) is 6.30. The van der Waals surface area contributed by atoms with E-state index in [0.717, 1.165) is 0 Å². The lowest BCUT2D eigenvalue weighted by Gasteiger charge is -2.39. The van der Waals surface area contributed by atoms with E-state index < -0.39 is 5.60 Å². The van der Waals surface area contributed by atoms with Crippen LogP contribution < -0.4 is 16.0 Å². The molecule has 0 fully saturated rings. The lowest BCUT2D eigenvalue weighted by molar-refractivity contribution is 0.0612. The van der Waals surface area contributed by atoms with Gasteiger partial charge in [0, 0.05) is 17.6 Å². The number of hydrogen-bond donors (Lipinski definition) is 4. The van der Waals surface area contributed by atoms with Gasteiger partial charge in [0.25, 0.3) is 0 Å². The van der Waals surface area contributed by atoms with Crippen LogP contribution in [-0.2, 0) is 0 Å². The van der Waals surface area contributed by atoms with Crippen molar-refractivity contribution in [3.05, 3.63) is 6.42 Å². The third kappa shape index (κ3) is 5.82.